The number of aromatic nitrogens is 4. The van der Waals surface area contributed by atoms with E-state index in [4.69, 9.17) is 33.2 Å². The molecule has 2 aromatic heterocycles. The van der Waals surface area contributed by atoms with E-state index in [1.807, 2.05) is 32.3 Å². The number of rotatable bonds is 4. The molecule has 1 unspecified atom stereocenters. The van der Waals surface area contributed by atoms with Crippen molar-refractivity contribution in [3.05, 3.63) is 40.0 Å². The van der Waals surface area contributed by atoms with Gasteiger partial charge in [-0.1, -0.05) is 29.3 Å². The number of benzene rings is 1. The van der Waals surface area contributed by atoms with E-state index in [0.29, 0.717) is 21.8 Å². The summed E-state index contributed by atoms with van der Waals surface area (Å²) in [5.41, 5.74) is 2.51. The van der Waals surface area contributed by atoms with Crippen molar-refractivity contribution >= 4 is 46.0 Å². The van der Waals surface area contributed by atoms with Gasteiger partial charge in [0.15, 0.2) is 11.3 Å². The summed E-state index contributed by atoms with van der Waals surface area (Å²) in [6, 6.07) is 5.45. The van der Waals surface area contributed by atoms with Gasteiger partial charge in [0.2, 0.25) is 5.95 Å². The van der Waals surface area contributed by atoms with Crippen molar-refractivity contribution in [2.75, 3.05) is 36.4 Å². The number of hydrogen-bond donors (Lipinski definition) is 2. The van der Waals surface area contributed by atoms with Gasteiger partial charge in [-0.05, 0) is 24.6 Å². The number of nitrogens with zero attached hydrogens (tertiary/aromatic N) is 5. The van der Waals surface area contributed by atoms with E-state index in [9.17, 15) is 0 Å². The number of halogens is 2. The molecule has 9 heteroatoms. The van der Waals surface area contributed by atoms with Crippen molar-refractivity contribution in [3.63, 3.8) is 0 Å². The Kier molecular flexibility index (Phi) is 5.08. The molecule has 0 bridgehead atoms. The van der Waals surface area contributed by atoms with E-state index < -0.39 is 0 Å². The lowest BCUT2D eigenvalue weighted by Crippen LogP contribution is -2.44. The Morgan fingerprint density at radius 1 is 1.19 bits per heavy atom. The molecule has 1 aliphatic heterocycles. The zero-order valence-corrected chi connectivity index (χ0v) is 16.7. The summed E-state index contributed by atoms with van der Waals surface area (Å²) in [5, 5.41) is 12.6. The van der Waals surface area contributed by atoms with E-state index in [1.165, 1.54) is 0 Å². The van der Waals surface area contributed by atoms with Gasteiger partial charge in [-0.3, -0.25) is 4.68 Å². The fraction of sp³-hybridized carbons (Fsp3) is 0.389. The smallest absolute Gasteiger partial charge is 0.228 e. The van der Waals surface area contributed by atoms with Gasteiger partial charge in [-0.15, -0.1) is 0 Å². The molecule has 1 atom stereocenters. The molecule has 3 aromatic rings. The zero-order chi connectivity index (χ0) is 19.0. The van der Waals surface area contributed by atoms with Crippen LogP contribution in [0.15, 0.2) is 24.4 Å². The van der Waals surface area contributed by atoms with E-state index in [2.05, 4.69) is 20.6 Å². The highest BCUT2D eigenvalue weighted by atomic mass is 35.5. The van der Waals surface area contributed by atoms with Crippen LogP contribution < -0.4 is 15.5 Å². The van der Waals surface area contributed by atoms with Crippen LogP contribution in [0, 0.1) is 0 Å². The van der Waals surface area contributed by atoms with Crippen molar-refractivity contribution in [1.29, 1.82) is 0 Å². The average Bonchev–Trinajstić information content (AvgIpc) is 3.03. The Hall–Kier alpha value is -2.09. The van der Waals surface area contributed by atoms with Crippen LogP contribution in [0.3, 0.4) is 0 Å². The standard InChI is InChI=1S/C18H21Cl2N7/c1-11(13-4-3-12(19)9-14(13)20)22-17-16-15(10-26(2)25-16)23-18(24-17)27-7-5-21-6-8-27/h3-4,9-11,21H,5-8H2,1-2H3,(H,22,23,24). The molecule has 0 amide bonds. The molecular weight excluding hydrogens is 385 g/mol. The second-order valence-corrected chi connectivity index (χ2v) is 7.52. The fourth-order valence-electron chi connectivity index (χ4n) is 3.25. The minimum Gasteiger partial charge on any atom is -0.361 e. The van der Waals surface area contributed by atoms with Gasteiger partial charge in [-0.25, -0.2) is 4.98 Å². The maximum atomic E-state index is 6.37. The SMILES string of the molecule is CC(Nc1nc(N2CCNCC2)nc2cn(C)nc12)c1ccc(Cl)cc1Cl. The number of anilines is 2. The maximum Gasteiger partial charge on any atom is 0.228 e. The molecule has 1 aromatic carbocycles. The Labute approximate surface area is 167 Å². The van der Waals surface area contributed by atoms with Crippen molar-refractivity contribution in [3.8, 4) is 0 Å². The second-order valence-electron chi connectivity index (χ2n) is 6.68. The largest absolute Gasteiger partial charge is 0.361 e. The molecule has 0 aliphatic carbocycles. The average molecular weight is 406 g/mol. The molecular formula is C18H21Cl2N7. The Morgan fingerprint density at radius 2 is 1.96 bits per heavy atom. The lowest BCUT2D eigenvalue weighted by molar-refractivity contribution is 0.580. The topological polar surface area (TPSA) is 70.9 Å². The summed E-state index contributed by atoms with van der Waals surface area (Å²) in [6.07, 6.45) is 1.91. The summed E-state index contributed by atoms with van der Waals surface area (Å²) in [7, 11) is 1.88. The highest BCUT2D eigenvalue weighted by molar-refractivity contribution is 6.35. The zero-order valence-electron chi connectivity index (χ0n) is 15.2. The summed E-state index contributed by atoms with van der Waals surface area (Å²) < 4.78 is 1.76. The summed E-state index contributed by atoms with van der Waals surface area (Å²) >= 11 is 12.4. The third kappa shape index (κ3) is 3.81. The third-order valence-electron chi connectivity index (χ3n) is 4.65. The second kappa shape index (κ2) is 7.50. The number of piperazine rings is 1. The number of hydrogen-bond acceptors (Lipinski definition) is 6. The number of nitrogens with one attached hydrogen (secondary N) is 2. The van der Waals surface area contributed by atoms with Gasteiger partial charge in [0.1, 0.15) is 5.52 Å². The number of aryl methyl sites for hydroxylation is 1. The normalized spacial score (nSPS) is 15.9. The fourth-order valence-corrected chi connectivity index (χ4v) is 3.83. The molecule has 1 saturated heterocycles. The van der Waals surface area contributed by atoms with Gasteiger partial charge in [0.25, 0.3) is 0 Å². The predicted molar refractivity (Wildman–Crippen MR) is 110 cm³/mol. The van der Waals surface area contributed by atoms with Crippen LogP contribution in [0.5, 0.6) is 0 Å². The third-order valence-corrected chi connectivity index (χ3v) is 5.21. The molecule has 0 saturated carbocycles. The maximum absolute atomic E-state index is 6.37. The van der Waals surface area contributed by atoms with Crippen LogP contribution in [0.4, 0.5) is 11.8 Å². The number of fused-ring (bicyclic) bond motifs is 1. The lowest BCUT2D eigenvalue weighted by Gasteiger charge is -2.28. The van der Waals surface area contributed by atoms with Crippen LogP contribution >= 0.6 is 23.2 Å². The molecule has 27 heavy (non-hydrogen) atoms. The van der Waals surface area contributed by atoms with E-state index >= 15 is 0 Å². The van der Waals surface area contributed by atoms with Crippen LogP contribution in [0.25, 0.3) is 11.0 Å². The first-order valence-corrected chi connectivity index (χ1v) is 9.65. The van der Waals surface area contributed by atoms with Crippen molar-refractivity contribution in [2.24, 2.45) is 7.05 Å². The minimum atomic E-state index is -0.0641. The summed E-state index contributed by atoms with van der Waals surface area (Å²) in [5.74, 6) is 1.42. The van der Waals surface area contributed by atoms with E-state index in [-0.39, 0.29) is 6.04 Å². The van der Waals surface area contributed by atoms with Crippen molar-refractivity contribution < 1.29 is 0 Å². The molecule has 1 aliphatic rings. The van der Waals surface area contributed by atoms with Gasteiger partial charge in [0.05, 0.1) is 12.2 Å². The highest BCUT2D eigenvalue weighted by Crippen LogP contribution is 2.30. The molecule has 142 valence electrons. The Morgan fingerprint density at radius 3 is 2.70 bits per heavy atom. The monoisotopic (exact) mass is 405 g/mol. The first-order chi connectivity index (χ1) is 13.0. The first kappa shape index (κ1) is 18.3. The minimum absolute atomic E-state index is 0.0641. The van der Waals surface area contributed by atoms with Crippen molar-refractivity contribution in [1.82, 2.24) is 25.1 Å². The molecule has 3 heterocycles. The first-order valence-electron chi connectivity index (χ1n) is 8.90. The molecule has 0 radical (unpaired) electrons. The van der Waals surface area contributed by atoms with Gasteiger partial charge < -0.3 is 15.5 Å². The quantitative estimate of drug-likeness (QED) is 0.693. The van der Waals surface area contributed by atoms with Crippen LogP contribution in [0.2, 0.25) is 10.0 Å². The molecule has 2 N–H and O–H groups in total. The van der Waals surface area contributed by atoms with E-state index in [1.54, 1.807) is 10.7 Å². The molecule has 1 fully saturated rings. The highest BCUT2D eigenvalue weighted by Gasteiger charge is 2.19. The van der Waals surface area contributed by atoms with Crippen LogP contribution in [-0.4, -0.2) is 45.9 Å². The van der Waals surface area contributed by atoms with Crippen LogP contribution in [0.1, 0.15) is 18.5 Å². The molecule has 7 nitrogen and oxygen atoms in total. The lowest BCUT2D eigenvalue weighted by atomic mass is 10.1. The van der Waals surface area contributed by atoms with Gasteiger partial charge in [0, 0.05) is 43.3 Å². The van der Waals surface area contributed by atoms with Gasteiger partial charge in [-0.2, -0.15) is 10.1 Å². The predicted octanol–water partition coefficient (Wildman–Crippen LogP) is 3.25. The molecule has 4 rings (SSSR count). The molecule has 0 spiro atoms. The summed E-state index contributed by atoms with van der Waals surface area (Å²) in [6.45, 7) is 5.64. The Bertz CT molecular complexity index is 966. The Balaban J connectivity index is 1.70. The van der Waals surface area contributed by atoms with Crippen LogP contribution in [-0.2, 0) is 7.05 Å². The van der Waals surface area contributed by atoms with E-state index in [0.717, 1.165) is 42.8 Å². The van der Waals surface area contributed by atoms with Crippen molar-refractivity contribution in [2.45, 2.75) is 13.0 Å². The summed E-state index contributed by atoms with van der Waals surface area (Å²) in [4.78, 5) is 11.7. The van der Waals surface area contributed by atoms with Gasteiger partial charge >= 0.3 is 0 Å².